The molecule has 0 spiro atoms. The average Bonchev–Trinajstić information content (AvgIpc) is 2.48. The number of ketones is 1. The number of carbonyl (C=O) groups excluding carboxylic acids is 2. The van der Waals surface area contributed by atoms with Gasteiger partial charge in [0.15, 0.2) is 6.23 Å². The van der Waals surface area contributed by atoms with Crippen molar-refractivity contribution in [1.82, 2.24) is 5.32 Å². The van der Waals surface area contributed by atoms with Crippen LogP contribution in [0.3, 0.4) is 0 Å². The number of carbonyl (C=O) groups is 2. The third-order valence-corrected chi connectivity index (χ3v) is 2.68. The van der Waals surface area contributed by atoms with Crippen molar-refractivity contribution in [1.29, 1.82) is 0 Å². The highest BCUT2D eigenvalue weighted by Crippen LogP contribution is 2.06. The molecule has 0 heterocycles. The van der Waals surface area contributed by atoms with Gasteiger partial charge in [-0.25, -0.2) is 4.39 Å². The Kier molecular flexibility index (Phi) is 4.22. The van der Waals surface area contributed by atoms with Gasteiger partial charge in [-0.2, -0.15) is 0 Å². The maximum atomic E-state index is 12.7. The van der Waals surface area contributed by atoms with Crippen molar-refractivity contribution in [3.8, 4) is 0 Å². The SMILES string of the molecule is O=C(N[C@@H](O)C(=O)c1ccc(F)cc1)c1ccccc1. The van der Waals surface area contributed by atoms with E-state index in [0.29, 0.717) is 5.56 Å². The van der Waals surface area contributed by atoms with E-state index in [-0.39, 0.29) is 5.56 Å². The first-order valence-corrected chi connectivity index (χ1v) is 5.91. The van der Waals surface area contributed by atoms with E-state index in [9.17, 15) is 19.1 Å². The number of Topliss-reactive ketones (excluding diaryl/α,β-unsaturated/α-hetero) is 1. The summed E-state index contributed by atoms with van der Waals surface area (Å²) in [6.07, 6.45) is -1.67. The average molecular weight is 273 g/mol. The van der Waals surface area contributed by atoms with Crippen LogP contribution < -0.4 is 5.32 Å². The lowest BCUT2D eigenvalue weighted by Crippen LogP contribution is -2.40. The number of benzene rings is 2. The van der Waals surface area contributed by atoms with E-state index in [1.165, 1.54) is 12.1 Å². The summed E-state index contributed by atoms with van der Waals surface area (Å²) in [6.45, 7) is 0. The van der Waals surface area contributed by atoms with Crippen LogP contribution in [0.15, 0.2) is 54.6 Å². The lowest BCUT2D eigenvalue weighted by atomic mass is 10.1. The van der Waals surface area contributed by atoms with Gasteiger partial charge in [0.05, 0.1) is 0 Å². The van der Waals surface area contributed by atoms with Crippen LogP contribution in [0.5, 0.6) is 0 Å². The van der Waals surface area contributed by atoms with E-state index in [0.717, 1.165) is 12.1 Å². The highest BCUT2D eigenvalue weighted by Gasteiger charge is 2.19. The van der Waals surface area contributed by atoms with E-state index in [1.807, 2.05) is 0 Å². The molecule has 0 aromatic heterocycles. The third kappa shape index (κ3) is 3.27. The minimum atomic E-state index is -1.67. The fraction of sp³-hybridized carbons (Fsp3) is 0.0667. The number of aliphatic hydroxyl groups excluding tert-OH is 1. The fourth-order valence-corrected chi connectivity index (χ4v) is 1.63. The van der Waals surface area contributed by atoms with Crippen molar-refractivity contribution in [2.24, 2.45) is 0 Å². The van der Waals surface area contributed by atoms with Crippen LogP contribution in [0.1, 0.15) is 20.7 Å². The summed E-state index contributed by atoms with van der Waals surface area (Å²) in [5.74, 6) is -1.74. The fourth-order valence-electron chi connectivity index (χ4n) is 1.63. The Balaban J connectivity index is 2.05. The summed E-state index contributed by atoms with van der Waals surface area (Å²) in [4.78, 5) is 23.6. The molecule has 2 aromatic carbocycles. The van der Waals surface area contributed by atoms with Gasteiger partial charge in [0, 0.05) is 11.1 Å². The Hall–Kier alpha value is -2.53. The van der Waals surface area contributed by atoms with Gasteiger partial charge in [-0.05, 0) is 36.4 Å². The quantitative estimate of drug-likeness (QED) is 0.659. The standard InChI is InChI=1S/C15H12FNO3/c16-12-8-6-10(7-9-12)13(18)15(20)17-14(19)11-4-2-1-3-5-11/h1-9,15,20H,(H,17,19)/t15-/m0/s1. The van der Waals surface area contributed by atoms with Crippen molar-refractivity contribution in [2.45, 2.75) is 6.23 Å². The molecule has 0 saturated carbocycles. The highest BCUT2D eigenvalue weighted by atomic mass is 19.1. The van der Waals surface area contributed by atoms with Gasteiger partial charge >= 0.3 is 0 Å². The number of aliphatic hydroxyl groups is 1. The molecule has 1 atom stereocenters. The van der Waals surface area contributed by atoms with Crippen molar-refractivity contribution in [2.75, 3.05) is 0 Å². The molecule has 1 amide bonds. The molecule has 2 rings (SSSR count). The molecule has 0 aliphatic rings. The Morgan fingerprint density at radius 3 is 2.15 bits per heavy atom. The van der Waals surface area contributed by atoms with Crippen molar-refractivity contribution >= 4 is 11.7 Å². The topological polar surface area (TPSA) is 66.4 Å². The largest absolute Gasteiger partial charge is 0.367 e. The van der Waals surface area contributed by atoms with E-state index in [1.54, 1.807) is 30.3 Å². The number of nitrogens with one attached hydrogen (secondary N) is 1. The summed E-state index contributed by atoms with van der Waals surface area (Å²) in [6, 6.07) is 12.9. The molecule has 0 radical (unpaired) electrons. The zero-order valence-corrected chi connectivity index (χ0v) is 10.4. The predicted molar refractivity (Wildman–Crippen MR) is 70.6 cm³/mol. The van der Waals surface area contributed by atoms with Crippen molar-refractivity contribution in [3.05, 3.63) is 71.5 Å². The first-order valence-electron chi connectivity index (χ1n) is 5.91. The van der Waals surface area contributed by atoms with Gasteiger partial charge in [0.2, 0.25) is 5.78 Å². The van der Waals surface area contributed by atoms with Gasteiger partial charge in [0.25, 0.3) is 5.91 Å². The summed E-state index contributed by atoms with van der Waals surface area (Å²) in [5.41, 5.74) is 0.450. The van der Waals surface area contributed by atoms with Crippen LogP contribution in [0.4, 0.5) is 4.39 Å². The molecule has 102 valence electrons. The second kappa shape index (κ2) is 6.08. The second-order valence-corrected chi connectivity index (χ2v) is 4.11. The summed E-state index contributed by atoms with van der Waals surface area (Å²) >= 11 is 0. The van der Waals surface area contributed by atoms with Crippen LogP contribution in [0.25, 0.3) is 0 Å². The van der Waals surface area contributed by atoms with Gasteiger partial charge in [-0.3, -0.25) is 9.59 Å². The molecule has 2 N–H and O–H groups in total. The number of halogens is 1. The molecule has 0 unspecified atom stereocenters. The minimum Gasteiger partial charge on any atom is -0.367 e. The molecule has 0 aliphatic heterocycles. The van der Waals surface area contributed by atoms with E-state index < -0.39 is 23.7 Å². The summed E-state index contributed by atoms with van der Waals surface area (Å²) in [7, 11) is 0. The smallest absolute Gasteiger partial charge is 0.253 e. The molecule has 5 heteroatoms. The van der Waals surface area contributed by atoms with Gasteiger partial charge in [-0.15, -0.1) is 0 Å². The van der Waals surface area contributed by atoms with Crippen LogP contribution in [-0.4, -0.2) is 23.0 Å². The number of rotatable bonds is 4. The Morgan fingerprint density at radius 1 is 0.950 bits per heavy atom. The van der Waals surface area contributed by atoms with Crippen LogP contribution in [-0.2, 0) is 0 Å². The van der Waals surface area contributed by atoms with Gasteiger partial charge < -0.3 is 10.4 Å². The van der Waals surface area contributed by atoms with Gasteiger partial charge in [-0.1, -0.05) is 18.2 Å². The zero-order valence-electron chi connectivity index (χ0n) is 10.4. The van der Waals surface area contributed by atoms with Gasteiger partial charge in [0.1, 0.15) is 5.82 Å². The van der Waals surface area contributed by atoms with Crippen LogP contribution in [0, 0.1) is 5.82 Å². The van der Waals surface area contributed by atoms with E-state index in [2.05, 4.69) is 5.32 Å². The molecular weight excluding hydrogens is 261 g/mol. The second-order valence-electron chi connectivity index (χ2n) is 4.11. The zero-order chi connectivity index (χ0) is 14.5. The maximum Gasteiger partial charge on any atom is 0.253 e. The highest BCUT2D eigenvalue weighted by molar-refractivity contribution is 6.03. The van der Waals surface area contributed by atoms with Crippen molar-refractivity contribution in [3.63, 3.8) is 0 Å². The lowest BCUT2D eigenvalue weighted by molar-refractivity contribution is 0.0607. The Morgan fingerprint density at radius 2 is 1.55 bits per heavy atom. The summed E-state index contributed by atoms with van der Waals surface area (Å²) in [5, 5.41) is 11.9. The number of hydrogen-bond acceptors (Lipinski definition) is 3. The predicted octanol–water partition coefficient (Wildman–Crippen LogP) is 1.76. The molecule has 2 aromatic rings. The van der Waals surface area contributed by atoms with E-state index in [4.69, 9.17) is 0 Å². The minimum absolute atomic E-state index is 0.118. The van der Waals surface area contributed by atoms with Crippen molar-refractivity contribution < 1.29 is 19.1 Å². The molecule has 0 fully saturated rings. The molecule has 0 aliphatic carbocycles. The molecule has 4 nitrogen and oxygen atoms in total. The number of amides is 1. The number of hydrogen-bond donors (Lipinski definition) is 2. The van der Waals surface area contributed by atoms with E-state index >= 15 is 0 Å². The normalized spacial score (nSPS) is 11.7. The molecular formula is C15H12FNO3. The molecule has 20 heavy (non-hydrogen) atoms. The molecule has 0 saturated heterocycles. The maximum absolute atomic E-state index is 12.7. The Bertz CT molecular complexity index is 611. The first-order chi connectivity index (χ1) is 9.58. The molecule has 0 bridgehead atoms. The summed E-state index contributed by atoms with van der Waals surface area (Å²) < 4.78 is 12.7. The lowest BCUT2D eigenvalue weighted by Gasteiger charge is -2.12. The first kappa shape index (κ1) is 13.9. The third-order valence-electron chi connectivity index (χ3n) is 2.68. The Labute approximate surface area is 114 Å². The monoisotopic (exact) mass is 273 g/mol. The van der Waals surface area contributed by atoms with Crippen LogP contribution >= 0.6 is 0 Å². The van der Waals surface area contributed by atoms with Crippen LogP contribution in [0.2, 0.25) is 0 Å².